The smallest absolute Gasteiger partial charge is 0.435 e. The summed E-state index contributed by atoms with van der Waals surface area (Å²) in [5.74, 6) is -3.22. The molecule has 0 bridgehead atoms. The normalized spacial score (nSPS) is 15.0. The van der Waals surface area contributed by atoms with Crippen LogP contribution in [0.4, 0.5) is 18.9 Å². The first kappa shape index (κ1) is 22.5. The van der Waals surface area contributed by atoms with E-state index in [9.17, 15) is 27.6 Å². The van der Waals surface area contributed by atoms with E-state index in [4.69, 9.17) is 14.6 Å². The second-order valence-corrected chi connectivity index (χ2v) is 7.06. The average Bonchev–Trinajstić information content (AvgIpc) is 3.39. The molecule has 0 spiro atoms. The molecule has 4 rings (SSSR count). The predicted molar refractivity (Wildman–Crippen MR) is 113 cm³/mol. The summed E-state index contributed by atoms with van der Waals surface area (Å²) in [6, 6.07) is 13.1. The Kier molecular flexibility index (Phi) is 5.53. The van der Waals surface area contributed by atoms with Gasteiger partial charge in [-0.2, -0.15) is 23.3 Å². The highest BCUT2D eigenvalue weighted by atomic mass is 19.4. The molecule has 0 fully saturated rings. The molecule has 1 aromatic heterocycles. The average molecular weight is 470 g/mol. The molecule has 2 N–H and O–H groups in total. The number of hydrogen-bond acceptors (Lipinski definition) is 5. The van der Waals surface area contributed by atoms with E-state index in [1.165, 1.54) is 48.5 Å². The number of amides is 1. The molecular weight excluding hydrogens is 457 g/mol. The van der Waals surface area contributed by atoms with Gasteiger partial charge in [0.25, 0.3) is 5.91 Å². The molecule has 1 aliphatic rings. The van der Waals surface area contributed by atoms with Gasteiger partial charge in [-0.3, -0.25) is 4.79 Å². The summed E-state index contributed by atoms with van der Waals surface area (Å²) in [5.41, 5.74) is -1.79. The summed E-state index contributed by atoms with van der Waals surface area (Å²) in [6.45, 7) is 0. The van der Waals surface area contributed by atoms with Crippen LogP contribution in [0.1, 0.15) is 26.5 Å². The van der Waals surface area contributed by atoms with E-state index < -0.39 is 35.3 Å². The van der Waals surface area contributed by atoms with Gasteiger partial charge in [0.05, 0.1) is 22.4 Å². The number of alkyl halides is 3. The minimum atomic E-state index is -4.95. The van der Waals surface area contributed by atoms with Crippen LogP contribution in [-0.4, -0.2) is 39.9 Å². The molecule has 0 unspecified atom stereocenters. The van der Waals surface area contributed by atoms with Crippen LogP contribution in [0.15, 0.2) is 75.8 Å². The maximum Gasteiger partial charge on any atom is 0.435 e. The number of rotatable bonds is 5. The fraction of sp³-hybridized carbons (Fsp3) is 0.0435. The second kappa shape index (κ2) is 8.35. The molecule has 11 heteroatoms. The molecule has 0 radical (unpaired) electrons. The van der Waals surface area contributed by atoms with Gasteiger partial charge in [-0.25, -0.2) is 9.59 Å². The topological polar surface area (TPSA) is 120 Å². The van der Waals surface area contributed by atoms with Crippen LogP contribution >= 0.6 is 0 Å². The van der Waals surface area contributed by atoms with Gasteiger partial charge in [0, 0.05) is 5.56 Å². The number of carbonyl (C=O) groups excluding carboxylic acids is 1. The molecule has 172 valence electrons. The van der Waals surface area contributed by atoms with Crippen LogP contribution in [0.2, 0.25) is 0 Å². The van der Waals surface area contributed by atoms with Crippen LogP contribution in [0, 0.1) is 0 Å². The number of aromatic carboxylic acids is 2. The Morgan fingerprint density at radius 2 is 1.44 bits per heavy atom. The zero-order valence-corrected chi connectivity index (χ0v) is 16.9. The van der Waals surface area contributed by atoms with Crippen molar-refractivity contribution in [2.45, 2.75) is 6.18 Å². The van der Waals surface area contributed by atoms with Gasteiger partial charge in [0.1, 0.15) is 11.5 Å². The minimum absolute atomic E-state index is 0.0428. The van der Waals surface area contributed by atoms with Crippen molar-refractivity contribution in [3.05, 3.63) is 83.1 Å². The zero-order chi connectivity index (χ0) is 24.6. The summed E-state index contributed by atoms with van der Waals surface area (Å²) in [7, 11) is 0. The Morgan fingerprint density at radius 3 is 1.97 bits per heavy atom. The number of carboxylic acid groups (broad SMARTS) is 2. The molecule has 2 heterocycles. The van der Waals surface area contributed by atoms with Crippen LogP contribution in [0.3, 0.4) is 0 Å². The van der Waals surface area contributed by atoms with E-state index in [1.54, 1.807) is 0 Å². The lowest BCUT2D eigenvalue weighted by Gasteiger charge is -2.11. The molecule has 1 amide bonds. The number of nitrogens with zero attached hydrogens (tertiary/aromatic N) is 2. The number of furan rings is 1. The minimum Gasteiger partial charge on any atom is -0.478 e. The molecule has 2 aromatic carbocycles. The molecule has 3 aromatic rings. The van der Waals surface area contributed by atoms with E-state index in [-0.39, 0.29) is 28.3 Å². The third kappa shape index (κ3) is 4.31. The summed E-state index contributed by atoms with van der Waals surface area (Å²) in [4.78, 5) is 34.7. The third-order valence-electron chi connectivity index (χ3n) is 4.83. The predicted octanol–water partition coefficient (Wildman–Crippen LogP) is 4.69. The number of halogens is 3. The van der Waals surface area contributed by atoms with Crippen molar-refractivity contribution >= 4 is 35.3 Å². The highest BCUT2D eigenvalue weighted by Gasteiger charge is 2.47. The second-order valence-electron chi connectivity index (χ2n) is 7.06. The number of anilines is 1. The van der Waals surface area contributed by atoms with E-state index in [2.05, 4.69) is 5.10 Å². The van der Waals surface area contributed by atoms with E-state index in [0.717, 1.165) is 18.2 Å². The highest BCUT2D eigenvalue weighted by molar-refractivity contribution is 6.34. The Hall–Kier alpha value is -4.67. The van der Waals surface area contributed by atoms with Crippen LogP contribution in [0.25, 0.3) is 17.4 Å². The summed E-state index contributed by atoms with van der Waals surface area (Å²) in [5, 5.41) is 21.9. The monoisotopic (exact) mass is 470 g/mol. The quantitative estimate of drug-likeness (QED) is 0.522. The molecular formula is C23H13F3N2O6. The summed E-state index contributed by atoms with van der Waals surface area (Å²) in [6.07, 6.45) is -4.03. The zero-order valence-electron chi connectivity index (χ0n) is 16.9. The van der Waals surface area contributed by atoms with Gasteiger partial charge in [0.2, 0.25) is 0 Å². The van der Waals surface area contributed by atoms with Gasteiger partial charge in [-0.1, -0.05) is 12.1 Å². The van der Waals surface area contributed by atoms with Crippen molar-refractivity contribution in [1.29, 1.82) is 0 Å². The van der Waals surface area contributed by atoms with Gasteiger partial charge in [-0.15, -0.1) is 0 Å². The van der Waals surface area contributed by atoms with E-state index in [1.807, 2.05) is 0 Å². The van der Waals surface area contributed by atoms with Crippen molar-refractivity contribution in [3.63, 3.8) is 0 Å². The Labute approximate surface area is 188 Å². The van der Waals surface area contributed by atoms with Crippen LogP contribution in [0.5, 0.6) is 0 Å². The molecule has 1 aliphatic heterocycles. The lowest BCUT2D eigenvalue weighted by atomic mass is 10.1. The fourth-order valence-corrected chi connectivity index (χ4v) is 3.18. The van der Waals surface area contributed by atoms with Crippen molar-refractivity contribution in [2.75, 3.05) is 5.01 Å². The third-order valence-corrected chi connectivity index (χ3v) is 4.83. The first-order valence-corrected chi connectivity index (χ1v) is 9.54. The first-order chi connectivity index (χ1) is 16.0. The Bertz CT molecular complexity index is 1350. The van der Waals surface area contributed by atoms with Crippen molar-refractivity contribution < 1.29 is 42.2 Å². The first-order valence-electron chi connectivity index (χ1n) is 9.54. The molecule has 34 heavy (non-hydrogen) atoms. The molecule has 8 nitrogen and oxygen atoms in total. The van der Waals surface area contributed by atoms with Gasteiger partial charge in [0.15, 0.2) is 5.71 Å². The fourth-order valence-electron chi connectivity index (χ4n) is 3.18. The lowest BCUT2D eigenvalue weighted by molar-refractivity contribution is -0.114. The van der Waals surface area contributed by atoms with Crippen molar-refractivity contribution in [1.82, 2.24) is 0 Å². The standard InChI is InChI=1S/C23H13F3N2O6/c24-23(25,26)19-17(20(29)28(27-19)15-7-5-14(6-8-15)22(32)33)11-16-9-10-18(34-16)12-1-3-13(4-2-12)21(30)31/h1-11H,(H,30,31)(H,32,33). The molecule has 0 atom stereocenters. The SMILES string of the molecule is O=C(O)c1ccc(-c2ccc(C=C3C(=O)N(c4ccc(C(=O)O)cc4)N=C3C(F)(F)F)o2)cc1. The van der Waals surface area contributed by atoms with E-state index >= 15 is 0 Å². The number of carbonyl (C=O) groups is 3. The number of carboxylic acids is 2. The maximum atomic E-state index is 13.6. The van der Waals surface area contributed by atoms with Gasteiger partial charge >= 0.3 is 18.1 Å². The van der Waals surface area contributed by atoms with Gasteiger partial charge < -0.3 is 14.6 Å². The van der Waals surface area contributed by atoms with Crippen LogP contribution in [-0.2, 0) is 4.79 Å². The van der Waals surface area contributed by atoms with Crippen molar-refractivity contribution in [3.8, 4) is 11.3 Å². The van der Waals surface area contributed by atoms with E-state index in [0.29, 0.717) is 10.6 Å². The number of hydrogen-bond donors (Lipinski definition) is 2. The highest BCUT2D eigenvalue weighted by Crippen LogP contribution is 2.33. The molecule has 0 aliphatic carbocycles. The van der Waals surface area contributed by atoms with Crippen molar-refractivity contribution in [2.24, 2.45) is 5.10 Å². The number of benzene rings is 2. The largest absolute Gasteiger partial charge is 0.478 e. The van der Waals surface area contributed by atoms with Crippen LogP contribution < -0.4 is 5.01 Å². The van der Waals surface area contributed by atoms with Gasteiger partial charge in [-0.05, 0) is 54.6 Å². The Balaban J connectivity index is 1.67. The Morgan fingerprint density at radius 1 is 0.882 bits per heavy atom. The summed E-state index contributed by atoms with van der Waals surface area (Å²) >= 11 is 0. The molecule has 0 saturated carbocycles. The molecule has 0 saturated heterocycles. The summed E-state index contributed by atoms with van der Waals surface area (Å²) < 4.78 is 46.4. The lowest BCUT2D eigenvalue weighted by Crippen LogP contribution is -2.25. The maximum absolute atomic E-state index is 13.6. The number of hydrazone groups is 1.